The van der Waals surface area contributed by atoms with Gasteiger partial charge in [0.1, 0.15) is 11.6 Å². The average Bonchev–Trinajstić information content (AvgIpc) is 3.37. The number of hydrogen-bond donors (Lipinski definition) is 1. The van der Waals surface area contributed by atoms with Gasteiger partial charge in [-0.15, -0.1) is 0 Å². The summed E-state index contributed by atoms with van der Waals surface area (Å²) in [5.41, 5.74) is 1.58. The molecule has 2 fully saturated rings. The summed E-state index contributed by atoms with van der Waals surface area (Å²) in [5.74, 6) is -0.241. The van der Waals surface area contributed by atoms with Crippen LogP contribution >= 0.6 is 0 Å². The quantitative estimate of drug-likeness (QED) is 0.690. The highest BCUT2D eigenvalue weighted by molar-refractivity contribution is 7.87. The molecule has 182 valence electrons. The summed E-state index contributed by atoms with van der Waals surface area (Å²) in [6.07, 6.45) is 2.47. The second kappa shape index (κ2) is 8.68. The van der Waals surface area contributed by atoms with Crippen LogP contribution in [0.4, 0.5) is 10.2 Å². The van der Waals surface area contributed by atoms with Crippen LogP contribution < -0.4 is 9.62 Å². The number of aryl methyl sites for hydroxylation is 1. The Labute approximate surface area is 198 Å². The number of rotatable bonds is 5. The second-order valence-corrected chi connectivity index (χ2v) is 11.5. The lowest BCUT2D eigenvalue weighted by molar-refractivity contribution is 0.0979. The van der Waals surface area contributed by atoms with Crippen molar-refractivity contribution >= 4 is 21.9 Å². The van der Waals surface area contributed by atoms with Crippen LogP contribution in [0.3, 0.4) is 0 Å². The molecule has 2 aromatic rings. The van der Waals surface area contributed by atoms with E-state index in [0.717, 1.165) is 19.3 Å². The Morgan fingerprint density at radius 2 is 1.91 bits per heavy atom. The number of benzene rings is 1. The Bertz CT molecular complexity index is 1190. The maximum atomic E-state index is 14.2. The van der Waals surface area contributed by atoms with E-state index in [2.05, 4.69) is 30.4 Å². The van der Waals surface area contributed by atoms with Gasteiger partial charge in [0.05, 0.1) is 11.3 Å². The number of carbonyl (C=O) groups is 1. The molecule has 1 atom stereocenters. The normalized spacial score (nSPS) is 20.9. The Balaban J connectivity index is 0.00000216. The Hall–Kier alpha value is -2.52. The van der Waals surface area contributed by atoms with E-state index < -0.39 is 16.1 Å². The van der Waals surface area contributed by atoms with Crippen molar-refractivity contribution in [3.05, 3.63) is 47.3 Å². The average molecular weight is 479 g/mol. The van der Waals surface area contributed by atoms with Crippen molar-refractivity contribution in [3.8, 4) is 11.3 Å². The first-order chi connectivity index (χ1) is 15.5. The van der Waals surface area contributed by atoms with Gasteiger partial charge in [0, 0.05) is 33.6 Å². The highest BCUT2D eigenvalue weighted by atomic mass is 32.2. The summed E-state index contributed by atoms with van der Waals surface area (Å²) < 4.78 is 43.1. The minimum absolute atomic E-state index is 0. The van der Waals surface area contributed by atoms with E-state index in [1.807, 2.05) is 0 Å². The highest BCUT2D eigenvalue weighted by Crippen LogP contribution is 2.38. The molecule has 33 heavy (non-hydrogen) atoms. The van der Waals surface area contributed by atoms with E-state index in [1.54, 1.807) is 31.2 Å². The molecule has 0 aliphatic carbocycles. The fourth-order valence-corrected chi connectivity index (χ4v) is 6.08. The number of nitrogens with one attached hydrogen (secondary N) is 1. The second-order valence-electron chi connectivity index (χ2n) is 9.81. The molecule has 1 amide bonds. The lowest BCUT2D eigenvalue weighted by Crippen LogP contribution is -2.44. The minimum atomic E-state index is -3.92. The SMILES string of the molecule is Cc1ccc(-c2ccc(C(=O)NS(=O)(=O)N3CCCC3)c(N3C[C@@H](C)CC3(C)C)n2)cc1F.[HH].[HH]. The summed E-state index contributed by atoms with van der Waals surface area (Å²) >= 11 is 0. The summed E-state index contributed by atoms with van der Waals surface area (Å²) in [6, 6.07) is 8.13. The predicted octanol–water partition coefficient (Wildman–Crippen LogP) is 4.38. The standard InChI is InChI=1S/C24H31FN4O3S.2H2/c1-16-14-24(3,4)29(15-16)22-19(23(30)27-33(31,32)28-11-5-6-12-28)9-10-21(26-22)18-8-7-17(2)20(25)13-18;;/h7-10,13,16H,5-6,11-12,14-15H2,1-4H3,(H,27,30);2*1H/t16-;;/m0../s1. The molecule has 1 aromatic carbocycles. The molecule has 3 heterocycles. The number of anilines is 1. The fraction of sp³-hybridized carbons (Fsp3) is 0.500. The highest BCUT2D eigenvalue weighted by Gasteiger charge is 2.39. The van der Waals surface area contributed by atoms with E-state index in [-0.39, 0.29) is 19.8 Å². The monoisotopic (exact) mass is 478 g/mol. The van der Waals surface area contributed by atoms with Gasteiger partial charge in [0.2, 0.25) is 0 Å². The molecule has 2 aliphatic heterocycles. The first-order valence-electron chi connectivity index (χ1n) is 11.4. The van der Waals surface area contributed by atoms with E-state index in [1.165, 1.54) is 10.4 Å². The Kier molecular flexibility index (Phi) is 6.22. The molecule has 1 N–H and O–H groups in total. The number of carbonyl (C=O) groups excluding carboxylic acids is 1. The van der Waals surface area contributed by atoms with E-state index >= 15 is 0 Å². The zero-order valence-corrected chi connectivity index (χ0v) is 20.4. The van der Waals surface area contributed by atoms with Crippen LogP contribution in [0, 0.1) is 18.7 Å². The van der Waals surface area contributed by atoms with Crippen LogP contribution in [0.5, 0.6) is 0 Å². The summed E-state index contributed by atoms with van der Waals surface area (Å²) in [5, 5.41) is 0. The molecular formula is C24H35FN4O3S. The van der Waals surface area contributed by atoms with Crippen molar-refractivity contribution in [2.75, 3.05) is 24.5 Å². The van der Waals surface area contributed by atoms with Crippen LogP contribution in [-0.4, -0.2) is 48.8 Å². The molecule has 0 radical (unpaired) electrons. The number of hydrogen-bond acceptors (Lipinski definition) is 5. The predicted molar refractivity (Wildman–Crippen MR) is 131 cm³/mol. The fourth-order valence-electron chi connectivity index (χ4n) is 4.87. The maximum absolute atomic E-state index is 14.2. The molecule has 0 spiro atoms. The van der Waals surface area contributed by atoms with Gasteiger partial charge in [-0.05, 0) is 69.7 Å². The number of pyridine rings is 1. The maximum Gasteiger partial charge on any atom is 0.304 e. The Morgan fingerprint density at radius 3 is 2.52 bits per heavy atom. The van der Waals surface area contributed by atoms with Crippen molar-refractivity contribution in [1.82, 2.24) is 14.0 Å². The van der Waals surface area contributed by atoms with E-state index in [9.17, 15) is 17.6 Å². The van der Waals surface area contributed by atoms with Gasteiger partial charge in [-0.2, -0.15) is 12.7 Å². The molecule has 7 nitrogen and oxygen atoms in total. The molecule has 9 heteroatoms. The zero-order chi connectivity index (χ0) is 24.0. The van der Waals surface area contributed by atoms with Crippen molar-refractivity contribution < 1.29 is 20.5 Å². The van der Waals surface area contributed by atoms with Gasteiger partial charge in [0.15, 0.2) is 0 Å². The molecule has 0 bridgehead atoms. The van der Waals surface area contributed by atoms with Crippen molar-refractivity contribution in [2.24, 2.45) is 5.92 Å². The summed E-state index contributed by atoms with van der Waals surface area (Å²) in [7, 11) is -3.92. The van der Waals surface area contributed by atoms with Gasteiger partial charge in [-0.25, -0.2) is 14.1 Å². The minimum Gasteiger partial charge on any atom is -0.351 e. The third kappa shape index (κ3) is 4.75. The van der Waals surface area contributed by atoms with Gasteiger partial charge in [-0.3, -0.25) is 4.79 Å². The van der Waals surface area contributed by atoms with Crippen molar-refractivity contribution in [2.45, 2.75) is 52.5 Å². The number of halogens is 1. The zero-order valence-electron chi connectivity index (χ0n) is 19.6. The topological polar surface area (TPSA) is 82.6 Å². The summed E-state index contributed by atoms with van der Waals surface area (Å²) in [4.78, 5) is 20.0. The molecule has 2 saturated heterocycles. The Morgan fingerprint density at radius 1 is 1.21 bits per heavy atom. The van der Waals surface area contributed by atoms with Gasteiger partial charge >= 0.3 is 10.2 Å². The largest absolute Gasteiger partial charge is 0.351 e. The molecule has 2 aliphatic rings. The van der Waals surface area contributed by atoms with Gasteiger partial charge in [-0.1, -0.05) is 19.1 Å². The third-order valence-electron chi connectivity index (χ3n) is 6.54. The number of nitrogens with zero attached hydrogens (tertiary/aromatic N) is 3. The first kappa shape index (κ1) is 23.6. The first-order valence-corrected chi connectivity index (χ1v) is 12.8. The molecule has 1 aromatic heterocycles. The third-order valence-corrected chi connectivity index (χ3v) is 8.03. The van der Waals surface area contributed by atoms with Crippen LogP contribution in [0.1, 0.15) is 58.8 Å². The molecular weight excluding hydrogens is 443 g/mol. The smallest absolute Gasteiger partial charge is 0.304 e. The molecule has 4 rings (SSSR count). The van der Waals surface area contributed by atoms with Crippen LogP contribution in [0.2, 0.25) is 0 Å². The number of amides is 1. The van der Waals surface area contributed by atoms with Gasteiger partial charge in [0.25, 0.3) is 5.91 Å². The van der Waals surface area contributed by atoms with Crippen LogP contribution in [0.25, 0.3) is 11.3 Å². The molecule has 0 saturated carbocycles. The van der Waals surface area contributed by atoms with Gasteiger partial charge < -0.3 is 4.90 Å². The van der Waals surface area contributed by atoms with Crippen LogP contribution in [0.15, 0.2) is 30.3 Å². The number of aromatic nitrogens is 1. The van der Waals surface area contributed by atoms with Crippen molar-refractivity contribution in [1.29, 1.82) is 0 Å². The van der Waals surface area contributed by atoms with Crippen LogP contribution in [-0.2, 0) is 10.2 Å². The van der Waals surface area contributed by atoms with E-state index in [4.69, 9.17) is 4.98 Å². The lowest BCUT2D eigenvalue weighted by atomic mass is 9.97. The van der Waals surface area contributed by atoms with E-state index in [0.29, 0.717) is 48.2 Å². The van der Waals surface area contributed by atoms with Crippen molar-refractivity contribution in [3.63, 3.8) is 0 Å². The summed E-state index contributed by atoms with van der Waals surface area (Å²) in [6.45, 7) is 9.49. The molecule has 0 unspecified atom stereocenters. The lowest BCUT2D eigenvalue weighted by Gasteiger charge is -2.34.